The van der Waals surface area contributed by atoms with Crippen LogP contribution in [0.4, 0.5) is 4.79 Å². The molecule has 156 valence electrons. The third kappa shape index (κ3) is 3.81. The molecular formula is C21H27N3O5. The van der Waals surface area contributed by atoms with Crippen molar-refractivity contribution < 1.29 is 23.9 Å². The quantitative estimate of drug-likeness (QED) is 0.744. The molecule has 0 saturated carbocycles. The number of carbonyl (C=O) groups excluding carboxylic acids is 3. The Labute approximate surface area is 170 Å². The molecule has 3 aliphatic heterocycles. The largest absolute Gasteiger partial charge is 0.453 e. The van der Waals surface area contributed by atoms with Crippen LogP contribution in [0.1, 0.15) is 30.0 Å². The number of ether oxygens (including phenoxy) is 2. The van der Waals surface area contributed by atoms with Crippen molar-refractivity contribution in [3.8, 4) is 0 Å². The Bertz CT molecular complexity index is 784. The van der Waals surface area contributed by atoms with E-state index in [0.29, 0.717) is 45.8 Å². The second-order valence-corrected chi connectivity index (χ2v) is 7.67. The first-order valence-corrected chi connectivity index (χ1v) is 10.2. The summed E-state index contributed by atoms with van der Waals surface area (Å²) in [6.07, 6.45) is 1.55. The predicted molar refractivity (Wildman–Crippen MR) is 104 cm³/mol. The normalized spacial score (nSPS) is 24.2. The average molecular weight is 401 g/mol. The van der Waals surface area contributed by atoms with Gasteiger partial charge < -0.3 is 19.3 Å². The number of carbonyl (C=O) groups is 3. The van der Waals surface area contributed by atoms with Gasteiger partial charge in [-0.2, -0.15) is 0 Å². The summed E-state index contributed by atoms with van der Waals surface area (Å²) < 4.78 is 10.4. The van der Waals surface area contributed by atoms with E-state index in [1.807, 2.05) is 24.3 Å². The Kier molecular flexibility index (Phi) is 5.71. The van der Waals surface area contributed by atoms with Gasteiger partial charge in [0.05, 0.1) is 7.11 Å². The van der Waals surface area contributed by atoms with E-state index < -0.39 is 12.1 Å². The van der Waals surface area contributed by atoms with Gasteiger partial charge >= 0.3 is 6.09 Å². The fraction of sp³-hybridized carbons (Fsp3) is 0.571. The molecule has 3 amide bonds. The molecule has 4 rings (SSSR count). The zero-order valence-corrected chi connectivity index (χ0v) is 16.7. The maximum absolute atomic E-state index is 13.4. The van der Waals surface area contributed by atoms with Crippen LogP contribution in [0.5, 0.6) is 0 Å². The highest BCUT2D eigenvalue weighted by molar-refractivity contribution is 5.88. The van der Waals surface area contributed by atoms with E-state index in [0.717, 1.165) is 24.0 Å². The van der Waals surface area contributed by atoms with E-state index in [-0.39, 0.29) is 17.9 Å². The minimum absolute atomic E-state index is 0.0220. The molecule has 0 spiro atoms. The molecule has 0 aromatic heterocycles. The molecule has 1 aromatic rings. The molecule has 3 heterocycles. The van der Waals surface area contributed by atoms with Crippen molar-refractivity contribution >= 4 is 17.9 Å². The van der Waals surface area contributed by atoms with Crippen molar-refractivity contribution in [2.45, 2.75) is 31.4 Å². The van der Waals surface area contributed by atoms with Gasteiger partial charge in [-0.1, -0.05) is 24.3 Å². The second-order valence-electron chi connectivity index (χ2n) is 7.67. The van der Waals surface area contributed by atoms with Gasteiger partial charge in [0, 0.05) is 39.3 Å². The van der Waals surface area contributed by atoms with E-state index in [9.17, 15) is 14.4 Å². The number of hydrogen-bond donors (Lipinski definition) is 0. The van der Waals surface area contributed by atoms with Gasteiger partial charge in [-0.05, 0) is 30.4 Å². The highest BCUT2D eigenvalue weighted by Gasteiger charge is 2.40. The van der Waals surface area contributed by atoms with Crippen LogP contribution in [0.25, 0.3) is 0 Å². The van der Waals surface area contributed by atoms with Crippen molar-refractivity contribution in [1.29, 1.82) is 0 Å². The van der Waals surface area contributed by atoms with E-state index in [4.69, 9.17) is 9.47 Å². The summed E-state index contributed by atoms with van der Waals surface area (Å²) in [5.41, 5.74) is 1.94. The van der Waals surface area contributed by atoms with Crippen LogP contribution >= 0.6 is 0 Å². The Hall–Kier alpha value is -2.61. The highest BCUT2D eigenvalue weighted by atomic mass is 16.5. The molecule has 8 heteroatoms. The van der Waals surface area contributed by atoms with Gasteiger partial charge in [-0.3, -0.25) is 14.5 Å². The van der Waals surface area contributed by atoms with Crippen molar-refractivity contribution in [3.05, 3.63) is 35.4 Å². The maximum atomic E-state index is 13.4. The molecule has 2 saturated heterocycles. The Morgan fingerprint density at radius 2 is 1.69 bits per heavy atom. The minimum atomic E-state index is -0.687. The van der Waals surface area contributed by atoms with E-state index in [1.165, 1.54) is 12.0 Å². The first-order chi connectivity index (χ1) is 14.1. The van der Waals surface area contributed by atoms with Crippen LogP contribution in [0, 0.1) is 0 Å². The zero-order valence-electron chi connectivity index (χ0n) is 16.7. The third-order valence-corrected chi connectivity index (χ3v) is 6.03. The lowest BCUT2D eigenvalue weighted by molar-refractivity contribution is -0.147. The molecule has 0 N–H and O–H groups in total. The average Bonchev–Trinajstić information content (AvgIpc) is 3.32. The number of fused-ring (bicyclic) bond motifs is 1. The first-order valence-electron chi connectivity index (χ1n) is 10.2. The summed E-state index contributed by atoms with van der Waals surface area (Å²) in [5, 5.41) is 0. The van der Waals surface area contributed by atoms with Crippen molar-refractivity contribution in [2.24, 2.45) is 0 Å². The van der Waals surface area contributed by atoms with E-state index in [2.05, 4.69) is 0 Å². The third-order valence-electron chi connectivity index (χ3n) is 6.03. The van der Waals surface area contributed by atoms with Gasteiger partial charge in [0.2, 0.25) is 5.91 Å². The second kappa shape index (κ2) is 8.41. The fourth-order valence-electron chi connectivity index (χ4n) is 4.44. The monoisotopic (exact) mass is 401 g/mol. The van der Waals surface area contributed by atoms with Crippen LogP contribution in [0.15, 0.2) is 24.3 Å². The van der Waals surface area contributed by atoms with Crippen molar-refractivity contribution in [2.75, 3.05) is 46.4 Å². The summed E-state index contributed by atoms with van der Waals surface area (Å²) in [4.78, 5) is 43.4. The van der Waals surface area contributed by atoms with Gasteiger partial charge in [-0.15, -0.1) is 0 Å². The summed E-state index contributed by atoms with van der Waals surface area (Å²) in [7, 11) is 1.33. The molecule has 3 aliphatic rings. The lowest BCUT2D eigenvalue weighted by atomic mass is 9.92. The molecule has 0 bridgehead atoms. The smallest absolute Gasteiger partial charge is 0.410 e. The maximum Gasteiger partial charge on any atom is 0.410 e. The lowest BCUT2D eigenvalue weighted by Gasteiger charge is -2.41. The topological polar surface area (TPSA) is 79.4 Å². The summed E-state index contributed by atoms with van der Waals surface area (Å²) in [6, 6.07) is 7.06. The van der Waals surface area contributed by atoms with Crippen LogP contribution < -0.4 is 0 Å². The van der Waals surface area contributed by atoms with Crippen LogP contribution in [-0.4, -0.2) is 85.2 Å². The predicted octanol–water partition coefficient (Wildman–Crippen LogP) is 1.20. The molecular weight excluding hydrogens is 374 g/mol. The van der Waals surface area contributed by atoms with Gasteiger partial charge in [-0.25, -0.2) is 4.79 Å². The highest BCUT2D eigenvalue weighted by Crippen LogP contribution is 2.32. The number of piperazine rings is 1. The van der Waals surface area contributed by atoms with Crippen molar-refractivity contribution in [3.63, 3.8) is 0 Å². The molecule has 1 aromatic carbocycles. The Morgan fingerprint density at radius 3 is 2.34 bits per heavy atom. The summed E-state index contributed by atoms with van der Waals surface area (Å²) in [5.74, 6) is -0.0967. The fourth-order valence-corrected chi connectivity index (χ4v) is 4.44. The SMILES string of the molecule is COC(=O)N1CCc2ccccc2[C@H]1C(=O)N1CCN(C(=O)[C@H]2CCCO2)CC1. The molecule has 8 nitrogen and oxygen atoms in total. The number of nitrogens with zero attached hydrogens (tertiary/aromatic N) is 3. The molecule has 29 heavy (non-hydrogen) atoms. The standard InChI is InChI=1S/C21H27N3O5/c1-28-21(27)24-9-8-15-5-2-3-6-16(15)18(24)20(26)23-12-10-22(11-13-23)19(25)17-7-4-14-29-17/h2-3,5-6,17-18H,4,7-14H2,1H3/t17-,18+/m1/s1. The molecule has 0 aliphatic carbocycles. The van der Waals surface area contributed by atoms with E-state index >= 15 is 0 Å². The minimum Gasteiger partial charge on any atom is -0.453 e. The summed E-state index contributed by atoms with van der Waals surface area (Å²) >= 11 is 0. The first kappa shape index (κ1) is 19.7. The lowest BCUT2D eigenvalue weighted by Crippen LogP contribution is -2.56. The molecule has 0 radical (unpaired) electrons. The van der Waals surface area contributed by atoms with Gasteiger partial charge in [0.15, 0.2) is 0 Å². The number of hydrogen-bond acceptors (Lipinski definition) is 5. The number of methoxy groups -OCH3 is 1. The van der Waals surface area contributed by atoms with Crippen molar-refractivity contribution in [1.82, 2.24) is 14.7 Å². The number of benzene rings is 1. The molecule has 2 fully saturated rings. The van der Waals surface area contributed by atoms with Crippen LogP contribution in [0.2, 0.25) is 0 Å². The number of rotatable bonds is 2. The molecule has 0 unspecified atom stereocenters. The number of amides is 3. The van der Waals surface area contributed by atoms with Gasteiger partial charge in [0.1, 0.15) is 12.1 Å². The molecule has 2 atom stereocenters. The Morgan fingerprint density at radius 1 is 1.00 bits per heavy atom. The van der Waals surface area contributed by atoms with E-state index in [1.54, 1.807) is 9.80 Å². The van der Waals surface area contributed by atoms with Crippen LogP contribution in [0.3, 0.4) is 0 Å². The van der Waals surface area contributed by atoms with Crippen LogP contribution in [-0.2, 0) is 25.5 Å². The van der Waals surface area contributed by atoms with Gasteiger partial charge in [0.25, 0.3) is 5.91 Å². The Balaban J connectivity index is 1.47. The zero-order chi connectivity index (χ0) is 20.4. The summed E-state index contributed by atoms with van der Waals surface area (Å²) in [6.45, 7) is 2.95.